The molecule has 98 valence electrons. The predicted octanol–water partition coefficient (Wildman–Crippen LogP) is 0.0196. The highest BCUT2D eigenvalue weighted by Gasteiger charge is 2.37. The van der Waals surface area contributed by atoms with Crippen LogP contribution in [0.5, 0.6) is 5.88 Å². The van der Waals surface area contributed by atoms with Crippen molar-refractivity contribution in [2.24, 2.45) is 0 Å². The van der Waals surface area contributed by atoms with Crippen LogP contribution in [0.4, 0.5) is 0 Å². The Morgan fingerprint density at radius 2 is 1.71 bits per heavy atom. The molecule has 1 aromatic heterocycles. The molecular formula is C9H18BNO5S. The second-order valence-electron chi connectivity index (χ2n) is 4.34. The lowest BCUT2D eigenvalue weighted by Gasteiger charge is -2.36. The first-order valence-electron chi connectivity index (χ1n) is 4.90. The van der Waals surface area contributed by atoms with Crippen molar-refractivity contribution in [1.29, 1.82) is 0 Å². The van der Waals surface area contributed by atoms with Gasteiger partial charge in [0.25, 0.3) is 0 Å². The Morgan fingerprint density at radius 3 is 2.00 bits per heavy atom. The van der Waals surface area contributed by atoms with Gasteiger partial charge < -0.3 is 24.9 Å². The molecule has 0 unspecified atom stereocenters. The monoisotopic (exact) mass is 263 g/mol. The molecule has 4 N–H and O–H groups in total. The van der Waals surface area contributed by atoms with Gasteiger partial charge >= 0.3 is 7.32 Å². The minimum absolute atomic E-state index is 0.567. The number of aromatic nitrogens is 1. The van der Waals surface area contributed by atoms with Crippen LogP contribution >= 0.6 is 11.3 Å². The average molecular weight is 263 g/mol. The van der Waals surface area contributed by atoms with Crippen molar-refractivity contribution in [3.63, 3.8) is 0 Å². The Balaban J connectivity index is 0.000000557. The van der Waals surface area contributed by atoms with Crippen molar-refractivity contribution < 1.29 is 24.9 Å². The molecule has 0 saturated carbocycles. The lowest BCUT2D eigenvalue weighted by Crippen LogP contribution is -2.49. The molecule has 1 rings (SSSR count). The van der Waals surface area contributed by atoms with Crippen molar-refractivity contribution in [2.45, 2.75) is 38.9 Å². The van der Waals surface area contributed by atoms with Crippen LogP contribution in [0.15, 0.2) is 10.9 Å². The molecule has 0 saturated heterocycles. The Kier molecular flexibility index (Phi) is 6.07. The zero-order valence-electron chi connectivity index (χ0n) is 10.3. The maximum absolute atomic E-state index is 9.79. The minimum atomic E-state index is -2.17. The average Bonchev–Trinajstić information content (AvgIpc) is 2.52. The number of ether oxygens (including phenoxy) is 1. The fourth-order valence-corrected chi connectivity index (χ4v) is 1.09. The standard InChI is InChI=1S/C9H15NO2S.BH3O3/c1-8(2,11)9(3,4)12-7-5-13-6-10-7;2-1(3)4/h5-6,11H,1-4H3;2-4H. The van der Waals surface area contributed by atoms with Gasteiger partial charge in [-0.15, -0.1) is 11.3 Å². The van der Waals surface area contributed by atoms with E-state index in [1.54, 1.807) is 19.4 Å². The van der Waals surface area contributed by atoms with Crippen LogP contribution in [0.2, 0.25) is 0 Å². The number of aliphatic hydroxyl groups is 1. The van der Waals surface area contributed by atoms with E-state index in [0.717, 1.165) is 0 Å². The van der Waals surface area contributed by atoms with E-state index in [9.17, 15) is 5.11 Å². The normalized spacial score (nSPS) is 11.5. The Hall–Kier alpha value is -0.665. The summed E-state index contributed by atoms with van der Waals surface area (Å²) in [7, 11) is -2.17. The van der Waals surface area contributed by atoms with Crippen LogP contribution in [0.3, 0.4) is 0 Å². The smallest absolute Gasteiger partial charge is 0.468 e. The first-order chi connectivity index (χ1) is 7.56. The summed E-state index contributed by atoms with van der Waals surface area (Å²) in [6.07, 6.45) is 0. The van der Waals surface area contributed by atoms with E-state index in [1.807, 2.05) is 19.2 Å². The van der Waals surface area contributed by atoms with Gasteiger partial charge in [0.1, 0.15) is 5.60 Å². The molecule has 0 aliphatic heterocycles. The summed E-state index contributed by atoms with van der Waals surface area (Å²) >= 11 is 1.47. The van der Waals surface area contributed by atoms with Gasteiger partial charge in [-0.3, -0.25) is 0 Å². The van der Waals surface area contributed by atoms with Crippen LogP contribution in [-0.2, 0) is 0 Å². The highest BCUT2D eigenvalue weighted by molar-refractivity contribution is 7.07. The van der Waals surface area contributed by atoms with E-state index in [0.29, 0.717) is 5.88 Å². The van der Waals surface area contributed by atoms with Crippen LogP contribution < -0.4 is 4.74 Å². The summed E-state index contributed by atoms with van der Waals surface area (Å²) in [6, 6.07) is 0. The summed E-state index contributed by atoms with van der Waals surface area (Å²) in [6.45, 7) is 7.12. The highest BCUT2D eigenvalue weighted by atomic mass is 32.1. The molecule has 0 aromatic carbocycles. The lowest BCUT2D eigenvalue weighted by molar-refractivity contribution is -0.0923. The first kappa shape index (κ1) is 16.3. The van der Waals surface area contributed by atoms with Crippen molar-refractivity contribution >= 4 is 18.7 Å². The summed E-state index contributed by atoms with van der Waals surface area (Å²) < 4.78 is 5.56. The van der Waals surface area contributed by atoms with E-state index < -0.39 is 18.5 Å². The first-order valence-corrected chi connectivity index (χ1v) is 5.84. The number of nitrogens with zero attached hydrogens (tertiary/aromatic N) is 1. The zero-order chi connectivity index (χ0) is 13.7. The maximum Gasteiger partial charge on any atom is 0.631 e. The van der Waals surface area contributed by atoms with E-state index in [1.165, 1.54) is 11.3 Å². The maximum atomic E-state index is 9.79. The molecule has 0 spiro atoms. The quantitative estimate of drug-likeness (QED) is 0.573. The SMILES string of the molecule is CC(C)(O)C(C)(C)Oc1cscn1.OB(O)O. The number of rotatable bonds is 3. The molecular weight excluding hydrogens is 245 g/mol. The molecule has 0 amide bonds. The van der Waals surface area contributed by atoms with Crippen molar-refractivity contribution in [2.75, 3.05) is 0 Å². The Labute approximate surface area is 105 Å². The van der Waals surface area contributed by atoms with E-state index in [4.69, 9.17) is 19.8 Å². The Morgan fingerprint density at radius 1 is 1.24 bits per heavy atom. The molecule has 0 aliphatic rings. The fraction of sp³-hybridized carbons (Fsp3) is 0.667. The number of hydrogen-bond acceptors (Lipinski definition) is 7. The van der Waals surface area contributed by atoms with Gasteiger partial charge in [0.05, 0.1) is 16.5 Å². The molecule has 1 heterocycles. The summed E-state index contributed by atoms with van der Waals surface area (Å²) in [5.74, 6) is 0.567. The third kappa shape index (κ3) is 6.59. The van der Waals surface area contributed by atoms with Gasteiger partial charge in [-0.05, 0) is 27.7 Å². The Bertz CT molecular complexity index is 307. The largest absolute Gasteiger partial charge is 0.631 e. The van der Waals surface area contributed by atoms with Gasteiger partial charge in [-0.2, -0.15) is 0 Å². The van der Waals surface area contributed by atoms with E-state index >= 15 is 0 Å². The highest BCUT2D eigenvalue weighted by Crippen LogP contribution is 2.27. The second kappa shape index (κ2) is 6.32. The molecule has 8 heteroatoms. The molecule has 0 aliphatic carbocycles. The molecule has 6 nitrogen and oxygen atoms in total. The van der Waals surface area contributed by atoms with Gasteiger partial charge in [0.2, 0.25) is 5.88 Å². The molecule has 1 aromatic rings. The van der Waals surface area contributed by atoms with Gasteiger partial charge in [-0.1, -0.05) is 0 Å². The van der Waals surface area contributed by atoms with E-state index in [2.05, 4.69) is 4.98 Å². The number of thiazole rings is 1. The molecule has 0 bridgehead atoms. The fourth-order valence-electron chi connectivity index (χ4n) is 0.638. The summed E-state index contributed by atoms with van der Waals surface area (Å²) in [5, 5.41) is 33.1. The van der Waals surface area contributed by atoms with Crippen molar-refractivity contribution in [1.82, 2.24) is 4.98 Å². The third-order valence-electron chi connectivity index (χ3n) is 2.24. The van der Waals surface area contributed by atoms with Crippen LogP contribution in [0.1, 0.15) is 27.7 Å². The molecule has 17 heavy (non-hydrogen) atoms. The van der Waals surface area contributed by atoms with Crippen molar-refractivity contribution in [3.8, 4) is 5.88 Å². The zero-order valence-corrected chi connectivity index (χ0v) is 11.1. The van der Waals surface area contributed by atoms with Crippen LogP contribution in [-0.4, -0.2) is 43.7 Å². The van der Waals surface area contributed by atoms with Gasteiger partial charge in [0, 0.05) is 0 Å². The van der Waals surface area contributed by atoms with Gasteiger partial charge in [-0.25, -0.2) is 4.98 Å². The minimum Gasteiger partial charge on any atom is -0.468 e. The molecule has 0 fully saturated rings. The summed E-state index contributed by atoms with van der Waals surface area (Å²) in [5.41, 5.74) is 0.174. The summed E-state index contributed by atoms with van der Waals surface area (Å²) in [4.78, 5) is 4.00. The topological polar surface area (TPSA) is 103 Å². The van der Waals surface area contributed by atoms with E-state index in [-0.39, 0.29) is 0 Å². The lowest BCUT2D eigenvalue weighted by atomic mass is 9.89. The van der Waals surface area contributed by atoms with Crippen molar-refractivity contribution in [3.05, 3.63) is 10.9 Å². The van der Waals surface area contributed by atoms with Crippen LogP contribution in [0.25, 0.3) is 0 Å². The van der Waals surface area contributed by atoms with Gasteiger partial charge in [0.15, 0.2) is 0 Å². The molecule has 0 atom stereocenters. The predicted molar refractivity (Wildman–Crippen MR) is 65.5 cm³/mol. The second-order valence-corrected chi connectivity index (χ2v) is 5.06. The van der Waals surface area contributed by atoms with Crippen LogP contribution in [0, 0.1) is 0 Å². The number of hydrogen-bond donors (Lipinski definition) is 4. The molecule has 0 radical (unpaired) electrons. The third-order valence-corrected chi connectivity index (χ3v) is 2.81.